The Morgan fingerprint density at radius 2 is 2.10 bits per heavy atom. The van der Waals surface area contributed by atoms with Crippen LogP contribution in [0.2, 0.25) is 0 Å². The number of hydrogen-bond donors (Lipinski definition) is 1. The normalized spacial score (nSPS) is 10.8. The molecule has 0 atom stereocenters. The molecule has 0 saturated heterocycles. The SMILES string of the molecule is CCc1c(CCCC(=O)O)cccc1-c1nc(-c2ccc(OC(C)C)c(C#N)c2)ns1. The van der Waals surface area contributed by atoms with Crippen LogP contribution < -0.4 is 4.74 Å². The molecule has 0 bridgehead atoms. The molecule has 0 aliphatic rings. The summed E-state index contributed by atoms with van der Waals surface area (Å²) in [5, 5.41) is 19.2. The summed E-state index contributed by atoms with van der Waals surface area (Å²) in [7, 11) is 0. The van der Waals surface area contributed by atoms with Crippen LogP contribution in [0.1, 0.15) is 50.3 Å². The van der Waals surface area contributed by atoms with E-state index in [2.05, 4.69) is 23.4 Å². The molecule has 3 aromatic rings. The van der Waals surface area contributed by atoms with Gasteiger partial charge < -0.3 is 9.84 Å². The number of aromatic nitrogens is 2. The highest BCUT2D eigenvalue weighted by atomic mass is 32.1. The van der Waals surface area contributed by atoms with Crippen LogP contribution in [0, 0.1) is 11.3 Å². The number of hydrogen-bond acceptors (Lipinski definition) is 6. The molecule has 0 aliphatic carbocycles. The summed E-state index contributed by atoms with van der Waals surface area (Å²) in [6.45, 7) is 5.93. The number of nitriles is 1. The zero-order valence-electron chi connectivity index (χ0n) is 17.9. The van der Waals surface area contributed by atoms with Crippen LogP contribution >= 0.6 is 11.5 Å². The van der Waals surface area contributed by atoms with Gasteiger partial charge in [-0.3, -0.25) is 4.79 Å². The van der Waals surface area contributed by atoms with E-state index in [9.17, 15) is 10.1 Å². The molecule has 0 amide bonds. The van der Waals surface area contributed by atoms with Gasteiger partial charge >= 0.3 is 5.97 Å². The summed E-state index contributed by atoms with van der Waals surface area (Å²) in [6.07, 6.45) is 2.30. The molecule has 0 aliphatic heterocycles. The fourth-order valence-corrected chi connectivity index (χ4v) is 4.22. The van der Waals surface area contributed by atoms with Crippen molar-refractivity contribution in [3.05, 3.63) is 53.1 Å². The molecule has 2 aromatic carbocycles. The van der Waals surface area contributed by atoms with Crippen LogP contribution in [0.5, 0.6) is 5.75 Å². The Kier molecular flexibility index (Phi) is 7.37. The smallest absolute Gasteiger partial charge is 0.303 e. The van der Waals surface area contributed by atoms with Crippen molar-refractivity contribution in [1.29, 1.82) is 5.26 Å². The van der Waals surface area contributed by atoms with Crippen molar-refractivity contribution >= 4 is 17.5 Å². The van der Waals surface area contributed by atoms with E-state index in [-0.39, 0.29) is 12.5 Å². The minimum absolute atomic E-state index is 0.0165. The molecule has 31 heavy (non-hydrogen) atoms. The fourth-order valence-electron chi connectivity index (χ4n) is 3.48. The maximum Gasteiger partial charge on any atom is 0.303 e. The molecule has 7 heteroatoms. The lowest BCUT2D eigenvalue weighted by Crippen LogP contribution is -2.06. The molecule has 6 nitrogen and oxygen atoms in total. The van der Waals surface area contributed by atoms with Gasteiger partial charge in [-0.05, 0) is 74.0 Å². The zero-order valence-corrected chi connectivity index (χ0v) is 18.7. The average molecular weight is 436 g/mol. The highest BCUT2D eigenvalue weighted by molar-refractivity contribution is 7.09. The second-order valence-electron chi connectivity index (χ2n) is 7.46. The lowest BCUT2D eigenvalue weighted by molar-refractivity contribution is -0.137. The number of nitrogens with zero attached hydrogens (tertiary/aromatic N) is 3. The third-order valence-corrected chi connectivity index (χ3v) is 5.59. The Bertz CT molecular complexity index is 1120. The van der Waals surface area contributed by atoms with E-state index in [1.54, 1.807) is 12.1 Å². The van der Waals surface area contributed by atoms with E-state index in [1.165, 1.54) is 17.1 Å². The Morgan fingerprint density at radius 1 is 1.29 bits per heavy atom. The first-order valence-electron chi connectivity index (χ1n) is 10.3. The third-order valence-electron chi connectivity index (χ3n) is 4.84. The topological polar surface area (TPSA) is 96.1 Å². The quantitative estimate of drug-likeness (QED) is 0.477. The Balaban J connectivity index is 1.90. The molecule has 160 valence electrons. The van der Waals surface area contributed by atoms with Gasteiger partial charge in [0.05, 0.1) is 11.7 Å². The maximum atomic E-state index is 10.8. The lowest BCUT2D eigenvalue weighted by atomic mass is 9.95. The largest absolute Gasteiger partial charge is 0.490 e. The number of benzene rings is 2. The summed E-state index contributed by atoms with van der Waals surface area (Å²) in [6, 6.07) is 13.7. The van der Waals surface area contributed by atoms with Crippen molar-refractivity contribution in [2.75, 3.05) is 0 Å². The first-order valence-corrected chi connectivity index (χ1v) is 11.1. The minimum atomic E-state index is -0.774. The number of rotatable bonds is 9. The van der Waals surface area contributed by atoms with E-state index < -0.39 is 5.97 Å². The van der Waals surface area contributed by atoms with Crippen LogP contribution in [0.4, 0.5) is 0 Å². The molecule has 0 unspecified atom stereocenters. The highest BCUT2D eigenvalue weighted by Crippen LogP contribution is 2.32. The first kappa shape index (κ1) is 22.4. The summed E-state index contributed by atoms with van der Waals surface area (Å²) in [4.78, 5) is 15.6. The molecule has 0 radical (unpaired) electrons. The van der Waals surface area contributed by atoms with Crippen LogP contribution in [-0.2, 0) is 17.6 Å². The third kappa shape index (κ3) is 5.47. The van der Waals surface area contributed by atoms with Crippen LogP contribution in [0.15, 0.2) is 36.4 Å². The Labute approximate surface area is 186 Å². The van der Waals surface area contributed by atoms with Crippen molar-refractivity contribution in [3.63, 3.8) is 0 Å². The van der Waals surface area contributed by atoms with Crippen molar-refractivity contribution in [2.24, 2.45) is 0 Å². The van der Waals surface area contributed by atoms with Gasteiger partial charge in [-0.15, -0.1) is 0 Å². The average Bonchev–Trinajstić information content (AvgIpc) is 3.23. The molecular formula is C24H25N3O3S. The number of carbonyl (C=O) groups is 1. The van der Waals surface area contributed by atoms with Crippen LogP contribution in [0.25, 0.3) is 22.0 Å². The van der Waals surface area contributed by atoms with Gasteiger partial charge in [0.1, 0.15) is 16.8 Å². The van der Waals surface area contributed by atoms with E-state index >= 15 is 0 Å². The van der Waals surface area contributed by atoms with Gasteiger partial charge in [0.2, 0.25) is 0 Å². The maximum absolute atomic E-state index is 10.8. The standard InChI is InChI=1S/C24H25N3O3S/c1-4-19-16(8-6-10-22(28)29)7-5-9-20(19)24-26-23(27-31-24)17-11-12-21(30-15(2)3)18(13-17)14-25/h5,7,9,11-13,15H,4,6,8,10H2,1-3H3,(H,28,29). The number of ether oxygens (including phenoxy) is 1. The van der Waals surface area contributed by atoms with Crippen molar-refractivity contribution in [1.82, 2.24) is 9.36 Å². The molecule has 1 aromatic heterocycles. The van der Waals surface area contributed by atoms with Crippen LogP contribution in [0.3, 0.4) is 0 Å². The number of aryl methyl sites for hydroxylation is 1. The molecule has 0 fully saturated rings. The minimum Gasteiger partial charge on any atom is -0.490 e. The van der Waals surface area contributed by atoms with Gasteiger partial charge in [0.15, 0.2) is 5.82 Å². The van der Waals surface area contributed by atoms with E-state index in [0.29, 0.717) is 23.6 Å². The lowest BCUT2D eigenvalue weighted by Gasteiger charge is -2.12. The van der Waals surface area contributed by atoms with Gasteiger partial charge in [-0.2, -0.15) is 9.64 Å². The van der Waals surface area contributed by atoms with Crippen molar-refractivity contribution < 1.29 is 14.6 Å². The molecular weight excluding hydrogens is 410 g/mol. The second kappa shape index (κ2) is 10.2. The van der Waals surface area contributed by atoms with E-state index in [0.717, 1.165) is 34.5 Å². The van der Waals surface area contributed by atoms with Gasteiger partial charge in [0, 0.05) is 17.5 Å². The summed E-state index contributed by atoms with van der Waals surface area (Å²) < 4.78 is 10.2. The summed E-state index contributed by atoms with van der Waals surface area (Å²) in [5.74, 6) is 0.356. The first-order chi connectivity index (χ1) is 14.9. The number of carboxylic acids is 1. The fraction of sp³-hybridized carbons (Fsp3) is 0.333. The molecule has 1 N–H and O–H groups in total. The molecule has 3 rings (SSSR count). The predicted molar refractivity (Wildman–Crippen MR) is 121 cm³/mol. The van der Waals surface area contributed by atoms with Crippen molar-refractivity contribution in [3.8, 4) is 33.8 Å². The van der Waals surface area contributed by atoms with Gasteiger partial charge in [-0.1, -0.05) is 25.1 Å². The Hall–Kier alpha value is -3.24. The van der Waals surface area contributed by atoms with Gasteiger partial charge in [0.25, 0.3) is 0 Å². The monoisotopic (exact) mass is 435 g/mol. The van der Waals surface area contributed by atoms with Gasteiger partial charge in [-0.25, -0.2) is 4.98 Å². The molecule has 1 heterocycles. The van der Waals surface area contributed by atoms with Crippen LogP contribution in [-0.4, -0.2) is 26.5 Å². The molecule has 0 saturated carbocycles. The summed E-state index contributed by atoms with van der Waals surface area (Å²) in [5.41, 5.74) is 4.58. The van der Waals surface area contributed by atoms with Crippen molar-refractivity contribution in [2.45, 2.75) is 52.6 Å². The summed E-state index contributed by atoms with van der Waals surface area (Å²) >= 11 is 1.32. The predicted octanol–water partition coefficient (Wildman–Crippen LogP) is 5.50. The van der Waals surface area contributed by atoms with E-state index in [1.807, 2.05) is 32.0 Å². The van der Waals surface area contributed by atoms with E-state index in [4.69, 9.17) is 14.8 Å². The Morgan fingerprint density at radius 3 is 2.77 bits per heavy atom. The number of carboxylic acid groups (broad SMARTS) is 1. The zero-order chi connectivity index (χ0) is 22.4. The highest BCUT2D eigenvalue weighted by Gasteiger charge is 2.16. The number of aliphatic carboxylic acids is 1. The molecule has 0 spiro atoms. The second-order valence-corrected chi connectivity index (χ2v) is 8.21.